The first-order valence-electron chi connectivity index (χ1n) is 10.2. The van der Waals surface area contributed by atoms with Crippen LogP contribution in [-0.4, -0.2) is 37.7 Å². The highest BCUT2D eigenvalue weighted by atomic mass is 16.5. The number of amides is 1. The molecule has 0 saturated heterocycles. The maximum absolute atomic E-state index is 11.9. The van der Waals surface area contributed by atoms with E-state index in [2.05, 4.69) is 5.32 Å². The Morgan fingerprint density at radius 1 is 1.11 bits per heavy atom. The van der Waals surface area contributed by atoms with Gasteiger partial charge in [0.1, 0.15) is 0 Å². The Bertz CT molecular complexity index is 665. The predicted octanol–water partition coefficient (Wildman–Crippen LogP) is 3.88. The highest BCUT2D eigenvalue weighted by Crippen LogP contribution is 2.29. The fourth-order valence-corrected chi connectivity index (χ4v) is 3.09. The summed E-state index contributed by atoms with van der Waals surface area (Å²) in [5.74, 6) is 0.522. The highest BCUT2D eigenvalue weighted by Gasteiger charge is 2.16. The van der Waals surface area contributed by atoms with Crippen molar-refractivity contribution in [2.24, 2.45) is 0 Å². The molecule has 1 amide bonds. The third kappa shape index (κ3) is 7.62. The summed E-state index contributed by atoms with van der Waals surface area (Å²) in [6, 6.07) is 5.69. The van der Waals surface area contributed by atoms with Crippen LogP contribution in [0, 0.1) is 0 Å². The fourth-order valence-electron chi connectivity index (χ4n) is 3.09. The summed E-state index contributed by atoms with van der Waals surface area (Å²) in [5, 5.41) is 2.92. The topological polar surface area (TPSA) is 73.9 Å². The molecule has 0 radical (unpaired) electrons. The molecule has 1 aromatic carbocycles. The first-order valence-corrected chi connectivity index (χ1v) is 10.2. The largest absolute Gasteiger partial charge is 0.490 e. The van der Waals surface area contributed by atoms with E-state index in [0.29, 0.717) is 24.7 Å². The Morgan fingerprint density at radius 2 is 1.89 bits per heavy atom. The van der Waals surface area contributed by atoms with Crippen molar-refractivity contribution >= 4 is 18.0 Å². The maximum Gasteiger partial charge on any atom is 0.331 e. The van der Waals surface area contributed by atoms with Gasteiger partial charge in [0.25, 0.3) is 5.91 Å². The zero-order chi connectivity index (χ0) is 20.2. The Balaban J connectivity index is 1.83. The Kier molecular flexibility index (Phi) is 9.39. The minimum Gasteiger partial charge on any atom is -0.490 e. The van der Waals surface area contributed by atoms with E-state index >= 15 is 0 Å². The van der Waals surface area contributed by atoms with Gasteiger partial charge in [-0.1, -0.05) is 32.3 Å². The molecule has 0 spiro atoms. The molecule has 1 N–H and O–H groups in total. The maximum atomic E-state index is 11.9. The molecule has 1 saturated carbocycles. The highest BCUT2D eigenvalue weighted by molar-refractivity contribution is 5.89. The molecule has 1 fully saturated rings. The second kappa shape index (κ2) is 12.1. The van der Waals surface area contributed by atoms with Crippen LogP contribution in [0.25, 0.3) is 6.08 Å². The molecule has 6 heteroatoms. The number of nitrogens with one attached hydrogen (secondary N) is 1. The van der Waals surface area contributed by atoms with E-state index in [4.69, 9.17) is 14.2 Å². The number of carbonyl (C=O) groups is 2. The lowest BCUT2D eigenvalue weighted by Gasteiger charge is -2.22. The van der Waals surface area contributed by atoms with Crippen LogP contribution in [-0.2, 0) is 14.3 Å². The van der Waals surface area contributed by atoms with E-state index in [-0.39, 0.29) is 18.6 Å². The van der Waals surface area contributed by atoms with Gasteiger partial charge >= 0.3 is 5.97 Å². The van der Waals surface area contributed by atoms with Gasteiger partial charge in [-0.15, -0.1) is 0 Å². The molecule has 154 valence electrons. The van der Waals surface area contributed by atoms with Crippen LogP contribution in [0.1, 0.15) is 57.9 Å². The van der Waals surface area contributed by atoms with Crippen molar-refractivity contribution in [3.05, 3.63) is 29.8 Å². The molecule has 2 rings (SSSR count). The smallest absolute Gasteiger partial charge is 0.331 e. The molecule has 6 nitrogen and oxygen atoms in total. The van der Waals surface area contributed by atoms with Crippen LogP contribution in [0.4, 0.5) is 0 Å². The van der Waals surface area contributed by atoms with Gasteiger partial charge in [0.05, 0.1) is 13.2 Å². The molecule has 28 heavy (non-hydrogen) atoms. The van der Waals surface area contributed by atoms with E-state index in [1.54, 1.807) is 6.08 Å². The van der Waals surface area contributed by atoms with Crippen LogP contribution in [0.5, 0.6) is 11.5 Å². The van der Waals surface area contributed by atoms with Gasteiger partial charge in [-0.3, -0.25) is 4.79 Å². The first-order chi connectivity index (χ1) is 13.6. The van der Waals surface area contributed by atoms with Gasteiger partial charge in [0.15, 0.2) is 18.1 Å². The van der Waals surface area contributed by atoms with Crippen molar-refractivity contribution in [1.29, 1.82) is 0 Å². The van der Waals surface area contributed by atoms with Gasteiger partial charge in [0.2, 0.25) is 0 Å². The van der Waals surface area contributed by atoms with Crippen molar-refractivity contribution in [3.8, 4) is 11.5 Å². The van der Waals surface area contributed by atoms with Crippen LogP contribution >= 0.6 is 0 Å². The van der Waals surface area contributed by atoms with Crippen LogP contribution in [0.2, 0.25) is 0 Å². The SMILES string of the molecule is CCCOc1ccc(/C=C/C(=O)OCC(=O)NC2CCCCC2)cc1OCC. The lowest BCUT2D eigenvalue weighted by Crippen LogP contribution is -2.38. The van der Waals surface area contributed by atoms with Crippen LogP contribution < -0.4 is 14.8 Å². The summed E-state index contributed by atoms with van der Waals surface area (Å²) < 4.78 is 16.3. The average molecular weight is 389 g/mol. The fraction of sp³-hybridized carbons (Fsp3) is 0.545. The minimum absolute atomic E-state index is 0.209. The molecule has 0 aliphatic heterocycles. The molecule has 0 atom stereocenters. The molecule has 0 unspecified atom stereocenters. The standard InChI is InChI=1S/C22H31NO5/c1-3-14-27-19-12-10-17(15-20(19)26-4-2)11-13-22(25)28-16-21(24)23-18-8-6-5-7-9-18/h10-13,15,18H,3-9,14,16H2,1-2H3,(H,23,24)/b13-11+. The molecule has 1 aliphatic carbocycles. The quantitative estimate of drug-likeness (QED) is 0.486. The minimum atomic E-state index is -0.553. The van der Waals surface area contributed by atoms with Gasteiger partial charge in [-0.2, -0.15) is 0 Å². The number of benzene rings is 1. The summed E-state index contributed by atoms with van der Waals surface area (Å²) >= 11 is 0. The number of carbonyl (C=O) groups excluding carboxylic acids is 2. The number of hydrogen-bond acceptors (Lipinski definition) is 5. The molecular weight excluding hydrogens is 358 g/mol. The van der Waals surface area contributed by atoms with Crippen molar-refractivity contribution in [1.82, 2.24) is 5.32 Å². The van der Waals surface area contributed by atoms with Crippen LogP contribution in [0.3, 0.4) is 0 Å². The Morgan fingerprint density at radius 3 is 2.61 bits per heavy atom. The lowest BCUT2D eigenvalue weighted by atomic mass is 9.95. The van der Waals surface area contributed by atoms with Crippen molar-refractivity contribution in [3.63, 3.8) is 0 Å². The lowest BCUT2D eigenvalue weighted by molar-refractivity contribution is -0.144. The summed E-state index contributed by atoms with van der Waals surface area (Å²) in [6.45, 7) is 4.83. The normalized spacial score (nSPS) is 14.6. The first kappa shape index (κ1) is 21.8. The van der Waals surface area contributed by atoms with Gasteiger partial charge in [-0.25, -0.2) is 4.79 Å². The van der Waals surface area contributed by atoms with Crippen LogP contribution in [0.15, 0.2) is 24.3 Å². The Labute approximate surface area is 167 Å². The van der Waals surface area contributed by atoms with Gasteiger partial charge in [0, 0.05) is 12.1 Å². The number of esters is 1. The summed E-state index contributed by atoms with van der Waals surface area (Å²) in [4.78, 5) is 23.8. The molecular formula is C22H31NO5. The van der Waals surface area contributed by atoms with E-state index in [0.717, 1.165) is 37.7 Å². The van der Waals surface area contributed by atoms with Gasteiger partial charge < -0.3 is 19.5 Å². The summed E-state index contributed by atoms with van der Waals surface area (Å²) in [6.07, 6.45) is 9.35. The number of rotatable bonds is 10. The third-order valence-corrected chi connectivity index (χ3v) is 4.46. The van der Waals surface area contributed by atoms with Crippen molar-refractivity contribution in [2.45, 2.75) is 58.4 Å². The summed E-state index contributed by atoms with van der Waals surface area (Å²) in [7, 11) is 0. The molecule has 0 aromatic heterocycles. The third-order valence-electron chi connectivity index (χ3n) is 4.46. The second-order valence-corrected chi connectivity index (χ2v) is 6.83. The molecule has 0 heterocycles. The summed E-state index contributed by atoms with van der Waals surface area (Å²) in [5.41, 5.74) is 0.788. The van der Waals surface area contributed by atoms with E-state index in [1.165, 1.54) is 12.5 Å². The molecule has 1 aromatic rings. The van der Waals surface area contributed by atoms with Gasteiger partial charge in [-0.05, 0) is 50.0 Å². The number of hydrogen-bond donors (Lipinski definition) is 1. The average Bonchev–Trinajstić information content (AvgIpc) is 2.71. The van der Waals surface area contributed by atoms with Crippen molar-refractivity contribution < 1.29 is 23.8 Å². The molecule has 1 aliphatic rings. The van der Waals surface area contributed by atoms with E-state index in [9.17, 15) is 9.59 Å². The zero-order valence-corrected chi connectivity index (χ0v) is 16.9. The monoisotopic (exact) mass is 389 g/mol. The zero-order valence-electron chi connectivity index (χ0n) is 16.9. The molecule has 0 bridgehead atoms. The predicted molar refractivity (Wildman–Crippen MR) is 108 cm³/mol. The van der Waals surface area contributed by atoms with E-state index in [1.807, 2.05) is 32.0 Å². The van der Waals surface area contributed by atoms with Crippen molar-refractivity contribution in [2.75, 3.05) is 19.8 Å². The number of ether oxygens (including phenoxy) is 3. The second-order valence-electron chi connectivity index (χ2n) is 6.83. The van der Waals surface area contributed by atoms with E-state index < -0.39 is 5.97 Å². The Hall–Kier alpha value is -2.50.